The zero-order chi connectivity index (χ0) is 38.8. The van der Waals surface area contributed by atoms with Crippen molar-refractivity contribution in [3.63, 3.8) is 0 Å². The summed E-state index contributed by atoms with van der Waals surface area (Å²) in [7, 11) is 0. The standard InChI is InChI=1S/C35H42N4O14/c1-19-27(17-47-20(2)40)52-34(29(19)49-22(4)42)38-13-7-9-25(15-38)32(45)36-11-12-37-33(46)26-10-8-14-39(16-26)35-31(51-24(6)44)30(50-23(5)43)28(53-35)18-48-21(3)41/h7-10,13-16,19,27-31,34-35H,11-12,17-18H2,1-6H3/p+2/t19-,27-,28-,29-,30-,31-,34-,35-/m1/s1. The molecule has 0 bridgehead atoms. The van der Waals surface area contributed by atoms with Gasteiger partial charge in [-0.2, -0.15) is 9.13 Å². The van der Waals surface area contributed by atoms with Gasteiger partial charge in [-0.05, 0) is 12.1 Å². The van der Waals surface area contributed by atoms with E-state index in [1.165, 1.54) is 57.6 Å². The first-order valence-electron chi connectivity index (χ1n) is 16.8. The Labute approximate surface area is 304 Å². The van der Waals surface area contributed by atoms with Crippen LogP contribution in [0.3, 0.4) is 0 Å². The maximum absolute atomic E-state index is 13.1. The molecule has 2 fully saturated rings. The second kappa shape index (κ2) is 18.3. The average molecular weight is 745 g/mol. The number of rotatable bonds is 14. The van der Waals surface area contributed by atoms with Crippen LogP contribution in [0.1, 0.15) is 74.7 Å². The Hall–Kier alpha value is -5.49. The first-order valence-corrected chi connectivity index (χ1v) is 16.8. The molecule has 4 rings (SSSR count). The third kappa shape index (κ3) is 11.0. The number of ether oxygens (including phenoxy) is 7. The predicted molar refractivity (Wildman–Crippen MR) is 175 cm³/mol. The minimum atomic E-state index is -1.13. The van der Waals surface area contributed by atoms with Crippen LogP contribution in [-0.2, 0) is 57.1 Å². The summed E-state index contributed by atoms with van der Waals surface area (Å²) in [5.74, 6) is -4.18. The SMILES string of the molecule is CC(=O)OC[C@H]1O[C@@H]([n+]2cccc(C(=O)NCCNC(=O)c3ccc[n+]([C@@H]4O[C@H](COC(C)=O)[C@@H](OC(C)=O)[C@H]4OC(C)=O)c3)c2)[C@H](OC(C)=O)[C@@H]1C. The van der Waals surface area contributed by atoms with Gasteiger partial charge in [-0.1, -0.05) is 6.92 Å². The molecule has 0 spiro atoms. The first kappa shape index (κ1) is 40.3. The van der Waals surface area contributed by atoms with Crippen molar-refractivity contribution in [2.75, 3.05) is 26.3 Å². The van der Waals surface area contributed by atoms with Gasteiger partial charge >= 0.3 is 42.3 Å². The van der Waals surface area contributed by atoms with Crippen molar-refractivity contribution in [2.24, 2.45) is 5.92 Å². The summed E-state index contributed by atoms with van der Waals surface area (Å²) in [5.41, 5.74) is 0.461. The summed E-state index contributed by atoms with van der Waals surface area (Å²) in [4.78, 5) is 84.7. The smallest absolute Gasteiger partial charge is 0.304 e. The van der Waals surface area contributed by atoms with E-state index in [9.17, 15) is 33.6 Å². The molecule has 4 heterocycles. The number of hydrogen-bond donors (Lipinski definition) is 2. The number of pyridine rings is 2. The highest BCUT2D eigenvalue weighted by Crippen LogP contribution is 2.34. The Kier molecular flexibility index (Phi) is 13.9. The van der Waals surface area contributed by atoms with Crippen molar-refractivity contribution in [2.45, 2.75) is 84.5 Å². The normalized spacial score (nSPS) is 24.7. The van der Waals surface area contributed by atoms with E-state index < -0.39 is 84.6 Å². The fourth-order valence-electron chi connectivity index (χ4n) is 5.90. The van der Waals surface area contributed by atoms with Gasteiger partial charge in [0.05, 0.1) is 0 Å². The molecule has 2 aromatic rings. The fourth-order valence-corrected chi connectivity index (χ4v) is 5.90. The first-order chi connectivity index (χ1) is 25.1. The summed E-state index contributed by atoms with van der Waals surface area (Å²) in [6.45, 7) is 7.75. The number of aromatic nitrogens is 2. The zero-order valence-electron chi connectivity index (χ0n) is 30.2. The number of amides is 2. The van der Waals surface area contributed by atoms with Gasteiger partial charge in [0.2, 0.25) is 6.10 Å². The van der Waals surface area contributed by atoms with Crippen LogP contribution in [0.25, 0.3) is 0 Å². The minimum Gasteiger partial charge on any atom is -0.463 e. The van der Waals surface area contributed by atoms with Crippen molar-refractivity contribution >= 4 is 41.7 Å². The summed E-state index contributed by atoms with van der Waals surface area (Å²) >= 11 is 0. The van der Waals surface area contributed by atoms with Gasteiger partial charge in [0, 0.05) is 65.8 Å². The highest BCUT2D eigenvalue weighted by Gasteiger charge is 2.55. The molecule has 2 N–H and O–H groups in total. The molecule has 0 saturated carbocycles. The van der Waals surface area contributed by atoms with Crippen LogP contribution in [0.15, 0.2) is 49.1 Å². The van der Waals surface area contributed by atoms with E-state index in [0.29, 0.717) is 0 Å². The van der Waals surface area contributed by atoms with Crippen LogP contribution in [0.5, 0.6) is 0 Å². The molecule has 0 radical (unpaired) electrons. The van der Waals surface area contributed by atoms with E-state index in [4.69, 9.17) is 33.2 Å². The number of nitrogens with one attached hydrogen (secondary N) is 2. The Bertz CT molecular complexity index is 1700. The van der Waals surface area contributed by atoms with Gasteiger partial charge in [-0.3, -0.25) is 33.6 Å². The maximum atomic E-state index is 13.1. The second-order valence-corrected chi connectivity index (χ2v) is 12.4. The largest absolute Gasteiger partial charge is 0.463 e. The summed E-state index contributed by atoms with van der Waals surface area (Å²) in [6.07, 6.45) is -0.114. The number of esters is 5. The molecule has 286 valence electrons. The van der Waals surface area contributed by atoms with Crippen molar-refractivity contribution in [3.8, 4) is 0 Å². The highest BCUT2D eigenvalue weighted by molar-refractivity contribution is 5.94. The Morgan fingerprint density at radius 3 is 1.49 bits per heavy atom. The molecule has 2 saturated heterocycles. The molecule has 2 aromatic heterocycles. The topological polar surface area (TPSA) is 216 Å². The van der Waals surface area contributed by atoms with Gasteiger partial charge in [0.25, 0.3) is 11.8 Å². The quantitative estimate of drug-likeness (QED) is 0.111. The van der Waals surface area contributed by atoms with E-state index in [0.717, 1.165) is 0 Å². The lowest BCUT2D eigenvalue weighted by Crippen LogP contribution is -2.49. The molecule has 0 unspecified atom stereocenters. The fraction of sp³-hybridized carbons (Fsp3) is 0.514. The number of carbonyl (C=O) groups excluding carboxylic acids is 7. The van der Waals surface area contributed by atoms with E-state index in [1.807, 2.05) is 6.92 Å². The number of hydrogen-bond acceptors (Lipinski definition) is 14. The summed E-state index contributed by atoms with van der Waals surface area (Å²) in [5, 5.41) is 5.46. The molecule has 2 amide bonds. The van der Waals surface area contributed by atoms with Crippen LogP contribution in [0, 0.1) is 5.92 Å². The third-order valence-electron chi connectivity index (χ3n) is 8.25. The van der Waals surface area contributed by atoms with Crippen LogP contribution >= 0.6 is 0 Å². The van der Waals surface area contributed by atoms with E-state index in [1.54, 1.807) is 35.2 Å². The minimum absolute atomic E-state index is 0.0297. The molecule has 0 aliphatic carbocycles. The molecule has 18 nitrogen and oxygen atoms in total. The maximum Gasteiger partial charge on any atom is 0.304 e. The molecule has 0 aromatic carbocycles. The second-order valence-electron chi connectivity index (χ2n) is 12.4. The van der Waals surface area contributed by atoms with E-state index in [2.05, 4.69) is 10.6 Å². The third-order valence-corrected chi connectivity index (χ3v) is 8.25. The van der Waals surface area contributed by atoms with Crippen LogP contribution in [0.2, 0.25) is 0 Å². The molecule has 18 heteroatoms. The van der Waals surface area contributed by atoms with Gasteiger partial charge < -0.3 is 43.8 Å². The number of nitrogens with zero attached hydrogens (tertiary/aromatic N) is 2. The van der Waals surface area contributed by atoms with Crippen molar-refractivity contribution in [1.82, 2.24) is 10.6 Å². The molecular weight excluding hydrogens is 700 g/mol. The summed E-state index contributed by atoms with van der Waals surface area (Å²) in [6, 6.07) is 6.32. The molecule has 2 aliphatic rings. The van der Waals surface area contributed by atoms with Gasteiger partial charge in [0.15, 0.2) is 37.0 Å². The van der Waals surface area contributed by atoms with Crippen LogP contribution < -0.4 is 19.8 Å². The predicted octanol–water partition coefficient (Wildman–Crippen LogP) is -0.226. The lowest BCUT2D eigenvalue weighted by Gasteiger charge is -2.21. The van der Waals surface area contributed by atoms with Crippen molar-refractivity contribution < 1.29 is 75.9 Å². The Balaban J connectivity index is 1.38. The van der Waals surface area contributed by atoms with Crippen LogP contribution in [0.4, 0.5) is 0 Å². The van der Waals surface area contributed by atoms with Crippen LogP contribution in [-0.4, -0.2) is 98.5 Å². The van der Waals surface area contributed by atoms with Crippen molar-refractivity contribution in [3.05, 3.63) is 60.2 Å². The Morgan fingerprint density at radius 2 is 1.02 bits per heavy atom. The van der Waals surface area contributed by atoms with E-state index >= 15 is 0 Å². The highest BCUT2D eigenvalue weighted by atomic mass is 16.7. The monoisotopic (exact) mass is 744 g/mol. The van der Waals surface area contributed by atoms with Crippen molar-refractivity contribution in [1.29, 1.82) is 0 Å². The summed E-state index contributed by atoms with van der Waals surface area (Å²) < 4.78 is 41.8. The Morgan fingerprint density at radius 1 is 0.604 bits per heavy atom. The molecule has 2 aliphatic heterocycles. The molecule has 8 atom stereocenters. The van der Waals surface area contributed by atoms with Gasteiger partial charge in [-0.25, -0.2) is 0 Å². The molecular formula is C35H44N4O14+2. The van der Waals surface area contributed by atoms with Gasteiger partial charge in [0.1, 0.15) is 36.5 Å². The van der Waals surface area contributed by atoms with Gasteiger partial charge in [-0.15, -0.1) is 0 Å². The lowest BCUT2D eigenvalue weighted by molar-refractivity contribution is -0.765. The molecule has 53 heavy (non-hydrogen) atoms. The lowest BCUT2D eigenvalue weighted by atomic mass is 10.0. The average Bonchev–Trinajstić information content (AvgIpc) is 3.59. The van der Waals surface area contributed by atoms with E-state index in [-0.39, 0.29) is 43.3 Å². The zero-order valence-corrected chi connectivity index (χ0v) is 30.2. The number of carbonyl (C=O) groups is 7.